The number of halogens is 2. The Labute approximate surface area is 153 Å². The van der Waals surface area contributed by atoms with E-state index < -0.39 is 0 Å². The Kier molecular flexibility index (Phi) is 6.25. The summed E-state index contributed by atoms with van der Waals surface area (Å²) in [6.07, 6.45) is 0. The molecule has 0 saturated carbocycles. The van der Waals surface area contributed by atoms with Gasteiger partial charge in [0.1, 0.15) is 5.75 Å². The first-order valence-electron chi connectivity index (χ1n) is 7.35. The van der Waals surface area contributed by atoms with E-state index in [1.165, 1.54) is 5.56 Å². The van der Waals surface area contributed by atoms with Gasteiger partial charge < -0.3 is 10.1 Å². The van der Waals surface area contributed by atoms with Crippen LogP contribution in [0.1, 0.15) is 30.9 Å². The molecule has 5 heteroatoms. The normalized spacial score (nSPS) is 10.7. The van der Waals surface area contributed by atoms with Crippen LogP contribution >= 0.6 is 31.9 Å². The summed E-state index contributed by atoms with van der Waals surface area (Å²) in [5.41, 5.74) is 2.98. The van der Waals surface area contributed by atoms with E-state index in [-0.39, 0.29) is 12.5 Å². The van der Waals surface area contributed by atoms with Crippen LogP contribution in [-0.4, -0.2) is 12.5 Å². The summed E-state index contributed by atoms with van der Waals surface area (Å²) in [6.45, 7) is 6.18. The third kappa shape index (κ3) is 5.08. The summed E-state index contributed by atoms with van der Waals surface area (Å²) < 4.78 is 7.42. The summed E-state index contributed by atoms with van der Waals surface area (Å²) in [5, 5.41) is 2.84. The van der Waals surface area contributed by atoms with Gasteiger partial charge >= 0.3 is 0 Å². The fraction of sp³-hybridized carbons (Fsp3) is 0.278. The number of nitrogens with one attached hydrogen (secondary N) is 1. The molecule has 0 aliphatic heterocycles. The van der Waals surface area contributed by atoms with Crippen molar-refractivity contribution in [1.29, 1.82) is 0 Å². The van der Waals surface area contributed by atoms with Crippen LogP contribution in [0.5, 0.6) is 5.75 Å². The maximum absolute atomic E-state index is 12.0. The first-order chi connectivity index (χ1) is 10.9. The van der Waals surface area contributed by atoms with Crippen LogP contribution in [0.2, 0.25) is 0 Å². The first kappa shape index (κ1) is 18.0. The Morgan fingerprint density at radius 1 is 1.17 bits per heavy atom. The lowest BCUT2D eigenvalue weighted by molar-refractivity contribution is -0.118. The van der Waals surface area contributed by atoms with Crippen molar-refractivity contribution in [3.8, 4) is 5.75 Å². The number of rotatable bonds is 5. The van der Waals surface area contributed by atoms with Crippen molar-refractivity contribution < 1.29 is 9.53 Å². The van der Waals surface area contributed by atoms with Crippen molar-refractivity contribution in [2.75, 3.05) is 11.9 Å². The quantitative estimate of drug-likeness (QED) is 0.651. The van der Waals surface area contributed by atoms with Crippen molar-refractivity contribution in [2.45, 2.75) is 26.7 Å². The fourth-order valence-corrected chi connectivity index (χ4v) is 3.71. The Balaban J connectivity index is 1.95. The number of ether oxygens (including phenoxy) is 1. The van der Waals surface area contributed by atoms with Crippen LogP contribution in [0.25, 0.3) is 0 Å². The molecule has 0 atom stereocenters. The second-order valence-corrected chi connectivity index (χ2v) is 7.42. The Hall–Kier alpha value is -1.33. The van der Waals surface area contributed by atoms with E-state index in [4.69, 9.17) is 4.74 Å². The SMILES string of the molecule is Cc1cc(Br)cc(Br)c1OCC(=O)Nc1ccc(C(C)C)cc1. The number of carbonyl (C=O) groups excluding carboxylic acids is 1. The van der Waals surface area contributed by atoms with E-state index in [2.05, 4.69) is 51.0 Å². The topological polar surface area (TPSA) is 38.3 Å². The highest BCUT2D eigenvalue weighted by molar-refractivity contribution is 9.11. The minimum Gasteiger partial charge on any atom is -0.482 e. The van der Waals surface area contributed by atoms with Gasteiger partial charge in [0.2, 0.25) is 0 Å². The van der Waals surface area contributed by atoms with Crippen molar-refractivity contribution in [2.24, 2.45) is 0 Å². The molecule has 2 aromatic rings. The molecular weight excluding hydrogens is 422 g/mol. The summed E-state index contributed by atoms with van der Waals surface area (Å²) in [6, 6.07) is 11.7. The minimum absolute atomic E-state index is 0.0347. The third-order valence-corrected chi connectivity index (χ3v) is 4.45. The van der Waals surface area contributed by atoms with Gasteiger partial charge in [-0.2, -0.15) is 0 Å². The molecule has 0 saturated heterocycles. The zero-order valence-corrected chi connectivity index (χ0v) is 16.5. The van der Waals surface area contributed by atoms with Gasteiger partial charge in [0.15, 0.2) is 6.61 Å². The van der Waals surface area contributed by atoms with Gasteiger partial charge in [0.05, 0.1) is 4.47 Å². The van der Waals surface area contributed by atoms with Gasteiger partial charge in [-0.25, -0.2) is 0 Å². The van der Waals surface area contributed by atoms with Crippen molar-refractivity contribution in [3.63, 3.8) is 0 Å². The lowest BCUT2D eigenvalue weighted by atomic mass is 10.0. The fourth-order valence-electron chi connectivity index (χ4n) is 2.16. The molecule has 2 aromatic carbocycles. The standard InChI is InChI=1S/C18H19Br2NO2/c1-11(2)13-4-6-15(7-5-13)21-17(22)10-23-18-12(3)8-14(19)9-16(18)20/h4-9,11H,10H2,1-3H3,(H,21,22). The summed E-state index contributed by atoms with van der Waals surface area (Å²) in [7, 11) is 0. The maximum Gasteiger partial charge on any atom is 0.262 e. The van der Waals surface area contributed by atoms with Crippen molar-refractivity contribution in [3.05, 3.63) is 56.5 Å². The third-order valence-electron chi connectivity index (χ3n) is 3.40. The molecule has 1 N–H and O–H groups in total. The van der Waals surface area contributed by atoms with Gasteiger partial charge in [-0.1, -0.05) is 41.9 Å². The summed E-state index contributed by atoms with van der Waals surface area (Å²) >= 11 is 6.87. The number of hydrogen-bond donors (Lipinski definition) is 1. The van der Waals surface area contributed by atoms with E-state index in [0.29, 0.717) is 11.7 Å². The number of hydrogen-bond acceptors (Lipinski definition) is 2. The van der Waals surface area contributed by atoms with Crippen molar-refractivity contribution in [1.82, 2.24) is 0 Å². The van der Waals surface area contributed by atoms with Gasteiger partial charge in [0.25, 0.3) is 5.91 Å². The van der Waals surface area contributed by atoms with Gasteiger partial charge in [-0.05, 0) is 64.2 Å². The summed E-state index contributed by atoms with van der Waals surface area (Å²) in [5.74, 6) is 0.968. The van der Waals surface area contributed by atoms with Crippen LogP contribution in [0, 0.1) is 6.92 Å². The minimum atomic E-state index is -0.184. The molecule has 0 aliphatic rings. The first-order valence-corrected chi connectivity index (χ1v) is 8.93. The molecule has 2 rings (SSSR count). The highest BCUT2D eigenvalue weighted by Gasteiger charge is 2.10. The number of benzene rings is 2. The number of aryl methyl sites for hydroxylation is 1. The van der Waals surface area contributed by atoms with E-state index >= 15 is 0 Å². The zero-order chi connectivity index (χ0) is 17.0. The smallest absolute Gasteiger partial charge is 0.262 e. The maximum atomic E-state index is 12.0. The van der Waals surface area contributed by atoms with E-state index in [0.717, 1.165) is 20.2 Å². The highest BCUT2D eigenvalue weighted by atomic mass is 79.9. The molecule has 0 spiro atoms. The molecule has 0 aromatic heterocycles. The monoisotopic (exact) mass is 439 g/mol. The number of amides is 1. The second kappa shape index (κ2) is 7.97. The van der Waals surface area contributed by atoms with Gasteiger partial charge in [0, 0.05) is 10.2 Å². The molecule has 0 fully saturated rings. The molecule has 0 bridgehead atoms. The molecule has 0 aliphatic carbocycles. The average Bonchev–Trinajstić information content (AvgIpc) is 2.46. The molecule has 0 radical (unpaired) electrons. The van der Waals surface area contributed by atoms with Crippen LogP contribution < -0.4 is 10.1 Å². The van der Waals surface area contributed by atoms with Crippen molar-refractivity contribution >= 4 is 43.5 Å². The van der Waals surface area contributed by atoms with Crippen LogP contribution in [-0.2, 0) is 4.79 Å². The predicted octanol–water partition coefficient (Wildman–Crippen LogP) is 5.66. The Bertz CT molecular complexity index is 674. The van der Waals surface area contributed by atoms with Gasteiger partial charge in [-0.15, -0.1) is 0 Å². The molecule has 0 unspecified atom stereocenters. The van der Waals surface area contributed by atoms with Crippen LogP contribution in [0.15, 0.2) is 45.3 Å². The second-order valence-electron chi connectivity index (χ2n) is 5.65. The Morgan fingerprint density at radius 2 is 1.83 bits per heavy atom. The van der Waals surface area contributed by atoms with E-state index in [9.17, 15) is 4.79 Å². The highest BCUT2D eigenvalue weighted by Crippen LogP contribution is 2.32. The van der Waals surface area contributed by atoms with E-state index in [1.807, 2.05) is 43.3 Å². The zero-order valence-electron chi connectivity index (χ0n) is 13.3. The van der Waals surface area contributed by atoms with Gasteiger partial charge in [-0.3, -0.25) is 4.79 Å². The van der Waals surface area contributed by atoms with E-state index in [1.54, 1.807) is 0 Å². The summed E-state index contributed by atoms with van der Waals surface area (Å²) in [4.78, 5) is 12.0. The Morgan fingerprint density at radius 3 is 2.39 bits per heavy atom. The molecule has 3 nitrogen and oxygen atoms in total. The lowest BCUT2D eigenvalue weighted by Gasteiger charge is -2.12. The molecule has 122 valence electrons. The molecule has 23 heavy (non-hydrogen) atoms. The van der Waals surface area contributed by atoms with Crippen LogP contribution in [0.4, 0.5) is 5.69 Å². The largest absolute Gasteiger partial charge is 0.482 e. The average molecular weight is 441 g/mol. The molecular formula is C18H19Br2NO2. The number of carbonyl (C=O) groups is 1. The molecule has 0 heterocycles. The van der Waals surface area contributed by atoms with Crippen LogP contribution in [0.3, 0.4) is 0 Å². The lowest BCUT2D eigenvalue weighted by Crippen LogP contribution is -2.20. The predicted molar refractivity (Wildman–Crippen MR) is 101 cm³/mol. The number of anilines is 1. The molecule has 1 amide bonds.